The van der Waals surface area contributed by atoms with Gasteiger partial charge in [-0.25, -0.2) is 13.2 Å². The van der Waals surface area contributed by atoms with E-state index in [-0.39, 0.29) is 12.1 Å². The largest absolute Gasteiger partial charge is 0.465 e. The van der Waals surface area contributed by atoms with E-state index in [0.717, 1.165) is 51.4 Å². The molecule has 2 fully saturated rings. The van der Waals surface area contributed by atoms with Crippen molar-refractivity contribution in [3.63, 3.8) is 0 Å². The van der Waals surface area contributed by atoms with Gasteiger partial charge in [0.05, 0.1) is 17.6 Å². The molecule has 1 aromatic carbocycles. The summed E-state index contributed by atoms with van der Waals surface area (Å²) in [4.78, 5) is 12.0. The first-order valence-electron chi connectivity index (χ1n) is 9.17. The highest BCUT2D eigenvalue weighted by Crippen LogP contribution is 2.36. The molecule has 2 aliphatic rings. The highest BCUT2D eigenvalue weighted by atomic mass is 32.2. The lowest BCUT2D eigenvalue weighted by atomic mass is 10.1. The average Bonchev–Trinajstić information content (AvgIpc) is 3.28. The third-order valence-electron chi connectivity index (χ3n) is 5.52. The zero-order valence-corrected chi connectivity index (χ0v) is 15.8. The van der Waals surface area contributed by atoms with Gasteiger partial charge in [-0.05, 0) is 56.4 Å². The summed E-state index contributed by atoms with van der Waals surface area (Å²) in [7, 11) is -2.24. The first-order chi connectivity index (χ1) is 11.9. The predicted molar refractivity (Wildman–Crippen MR) is 96.1 cm³/mol. The molecule has 0 heterocycles. The molecule has 0 atom stereocenters. The fourth-order valence-corrected chi connectivity index (χ4v) is 6.44. The van der Waals surface area contributed by atoms with E-state index in [1.54, 1.807) is 25.1 Å². The fraction of sp³-hybridized carbons (Fsp3) is 0.632. The van der Waals surface area contributed by atoms with Crippen molar-refractivity contribution in [1.82, 2.24) is 4.31 Å². The Morgan fingerprint density at radius 1 is 1.04 bits per heavy atom. The molecular formula is C19H27NO4S. The van der Waals surface area contributed by atoms with Crippen LogP contribution in [0.1, 0.15) is 67.3 Å². The Morgan fingerprint density at radius 3 is 2.00 bits per heavy atom. The quantitative estimate of drug-likeness (QED) is 0.747. The number of rotatable bonds is 5. The zero-order valence-electron chi connectivity index (χ0n) is 15.0. The van der Waals surface area contributed by atoms with Crippen molar-refractivity contribution in [2.45, 2.75) is 75.3 Å². The van der Waals surface area contributed by atoms with Crippen LogP contribution in [0.5, 0.6) is 0 Å². The van der Waals surface area contributed by atoms with Gasteiger partial charge in [0.1, 0.15) is 0 Å². The minimum absolute atomic E-state index is 0.118. The van der Waals surface area contributed by atoms with Crippen LogP contribution in [0.25, 0.3) is 0 Å². The van der Waals surface area contributed by atoms with Crippen molar-refractivity contribution in [2.24, 2.45) is 0 Å². The maximum atomic E-state index is 13.5. The number of aryl methyl sites for hydroxylation is 1. The van der Waals surface area contributed by atoms with Crippen LogP contribution in [0, 0.1) is 6.92 Å². The smallest absolute Gasteiger partial charge is 0.337 e. The average molecular weight is 365 g/mol. The normalized spacial score (nSPS) is 19.6. The van der Waals surface area contributed by atoms with Crippen LogP contribution in [-0.2, 0) is 14.8 Å². The lowest BCUT2D eigenvalue weighted by Crippen LogP contribution is -2.45. The number of carbonyl (C=O) groups excluding carboxylic acids is 1. The molecule has 5 nitrogen and oxygen atoms in total. The van der Waals surface area contributed by atoms with Gasteiger partial charge >= 0.3 is 5.97 Å². The van der Waals surface area contributed by atoms with Crippen LogP contribution >= 0.6 is 0 Å². The van der Waals surface area contributed by atoms with Gasteiger partial charge in [-0.15, -0.1) is 0 Å². The van der Waals surface area contributed by atoms with Crippen molar-refractivity contribution in [1.29, 1.82) is 0 Å². The molecule has 2 aliphatic carbocycles. The number of methoxy groups -OCH3 is 1. The molecule has 0 amide bonds. The van der Waals surface area contributed by atoms with Crippen LogP contribution < -0.4 is 0 Å². The van der Waals surface area contributed by atoms with E-state index in [9.17, 15) is 13.2 Å². The van der Waals surface area contributed by atoms with Crippen LogP contribution in [0.4, 0.5) is 0 Å². The number of sulfonamides is 1. The topological polar surface area (TPSA) is 63.7 Å². The number of nitrogens with zero attached hydrogens (tertiary/aromatic N) is 1. The second-order valence-corrected chi connectivity index (χ2v) is 8.99. The summed E-state index contributed by atoms with van der Waals surface area (Å²) >= 11 is 0. The van der Waals surface area contributed by atoms with Gasteiger partial charge in [0, 0.05) is 12.1 Å². The second kappa shape index (κ2) is 7.46. The zero-order chi connectivity index (χ0) is 18.0. The molecular weight excluding hydrogens is 338 g/mol. The molecule has 25 heavy (non-hydrogen) atoms. The van der Waals surface area contributed by atoms with Crippen molar-refractivity contribution < 1.29 is 17.9 Å². The molecule has 6 heteroatoms. The number of benzene rings is 1. The third kappa shape index (κ3) is 3.60. The molecule has 0 unspecified atom stereocenters. The Morgan fingerprint density at radius 2 is 1.56 bits per heavy atom. The Hall–Kier alpha value is -1.40. The molecule has 0 aliphatic heterocycles. The van der Waals surface area contributed by atoms with E-state index < -0.39 is 16.0 Å². The number of hydrogen-bond donors (Lipinski definition) is 0. The highest BCUT2D eigenvalue weighted by Gasteiger charge is 2.40. The number of ether oxygens (including phenoxy) is 1. The molecule has 138 valence electrons. The SMILES string of the molecule is COC(=O)c1ccc(S(=O)(=O)N(C2CCCC2)C2CCCC2)c(C)c1. The van der Waals surface area contributed by atoms with Gasteiger partial charge in [0.15, 0.2) is 0 Å². The number of hydrogen-bond acceptors (Lipinski definition) is 4. The van der Waals surface area contributed by atoms with E-state index in [4.69, 9.17) is 4.74 Å². The molecule has 2 saturated carbocycles. The summed E-state index contributed by atoms with van der Waals surface area (Å²) < 4.78 is 33.5. The Bertz CT molecular complexity index is 716. The Labute approximate surface area is 150 Å². The molecule has 0 bridgehead atoms. The summed E-state index contributed by atoms with van der Waals surface area (Å²) in [6.45, 7) is 1.75. The van der Waals surface area contributed by atoms with Gasteiger partial charge in [-0.1, -0.05) is 25.7 Å². The monoisotopic (exact) mass is 365 g/mol. The standard InChI is InChI=1S/C19H27NO4S/c1-14-13-15(19(21)24-2)11-12-18(14)25(22,23)20(16-7-3-4-8-16)17-9-5-6-10-17/h11-13,16-17H,3-10H2,1-2H3. The highest BCUT2D eigenvalue weighted by molar-refractivity contribution is 7.89. The third-order valence-corrected chi connectivity index (χ3v) is 7.69. The van der Waals surface area contributed by atoms with Crippen molar-refractivity contribution in [2.75, 3.05) is 7.11 Å². The van der Waals surface area contributed by atoms with Gasteiger partial charge in [-0.3, -0.25) is 0 Å². The predicted octanol–water partition coefficient (Wildman–Crippen LogP) is 3.66. The van der Waals surface area contributed by atoms with E-state index in [1.165, 1.54) is 7.11 Å². The summed E-state index contributed by atoms with van der Waals surface area (Å²) in [5.74, 6) is -0.449. The minimum Gasteiger partial charge on any atom is -0.465 e. The van der Waals surface area contributed by atoms with Crippen LogP contribution in [0.3, 0.4) is 0 Å². The van der Waals surface area contributed by atoms with E-state index >= 15 is 0 Å². The number of carbonyl (C=O) groups is 1. The summed E-state index contributed by atoms with van der Waals surface area (Å²) in [5, 5.41) is 0. The van der Waals surface area contributed by atoms with E-state index in [2.05, 4.69) is 0 Å². The molecule has 0 spiro atoms. The lowest BCUT2D eigenvalue weighted by Gasteiger charge is -2.33. The second-order valence-electron chi connectivity index (χ2n) is 7.18. The Kier molecular flexibility index (Phi) is 5.49. The first kappa shape index (κ1) is 18.4. The molecule has 1 aromatic rings. The van der Waals surface area contributed by atoms with Crippen molar-refractivity contribution >= 4 is 16.0 Å². The Balaban J connectivity index is 1.98. The van der Waals surface area contributed by atoms with Gasteiger partial charge in [0.25, 0.3) is 0 Å². The number of esters is 1. The molecule has 0 N–H and O–H groups in total. The van der Waals surface area contributed by atoms with E-state index in [0.29, 0.717) is 16.0 Å². The molecule has 0 saturated heterocycles. The van der Waals surface area contributed by atoms with E-state index in [1.807, 2.05) is 4.31 Å². The van der Waals surface area contributed by atoms with Gasteiger partial charge in [-0.2, -0.15) is 4.31 Å². The maximum absolute atomic E-state index is 13.5. The van der Waals surface area contributed by atoms with Crippen LogP contribution in [0.15, 0.2) is 23.1 Å². The maximum Gasteiger partial charge on any atom is 0.337 e. The molecule has 3 rings (SSSR count). The van der Waals surface area contributed by atoms with Gasteiger partial charge < -0.3 is 4.74 Å². The van der Waals surface area contributed by atoms with Crippen molar-refractivity contribution in [3.05, 3.63) is 29.3 Å². The molecule has 0 aromatic heterocycles. The summed E-state index contributed by atoms with van der Waals surface area (Å²) in [6.07, 6.45) is 8.22. The summed E-state index contributed by atoms with van der Waals surface area (Å²) in [6, 6.07) is 4.96. The fourth-order valence-electron chi connectivity index (χ4n) is 4.31. The first-order valence-corrected chi connectivity index (χ1v) is 10.6. The van der Waals surface area contributed by atoms with Gasteiger partial charge in [0.2, 0.25) is 10.0 Å². The molecule has 0 radical (unpaired) electrons. The van der Waals surface area contributed by atoms with Crippen LogP contribution in [-0.4, -0.2) is 37.9 Å². The minimum atomic E-state index is -3.57. The lowest BCUT2D eigenvalue weighted by molar-refractivity contribution is 0.0600. The van der Waals surface area contributed by atoms with Crippen LogP contribution in [0.2, 0.25) is 0 Å². The summed E-state index contributed by atoms with van der Waals surface area (Å²) in [5.41, 5.74) is 0.983. The van der Waals surface area contributed by atoms with Crippen molar-refractivity contribution in [3.8, 4) is 0 Å².